The molecule has 0 saturated carbocycles. The summed E-state index contributed by atoms with van der Waals surface area (Å²) in [5.74, 6) is -0.444. The topological polar surface area (TPSA) is 148 Å². The van der Waals surface area contributed by atoms with E-state index in [1.165, 1.54) is 18.6 Å². The quantitative estimate of drug-likeness (QED) is 0.395. The number of amides is 1. The molecule has 3 N–H and O–H groups in total. The minimum atomic E-state index is -0.667. The third kappa shape index (κ3) is 4.49. The van der Waals surface area contributed by atoms with Crippen LogP contribution in [0.2, 0.25) is 0 Å². The lowest BCUT2D eigenvalue weighted by Gasteiger charge is -2.10. The van der Waals surface area contributed by atoms with Gasteiger partial charge in [0.2, 0.25) is 11.6 Å². The van der Waals surface area contributed by atoms with E-state index in [1.54, 1.807) is 24.3 Å². The fourth-order valence-electron chi connectivity index (χ4n) is 1.99. The lowest BCUT2D eigenvalue weighted by Crippen LogP contribution is -2.30. The number of nitrogens with zero attached hydrogens (tertiary/aromatic N) is 5. The summed E-state index contributed by atoms with van der Waals surface area (Å²) >= 11 is 3.25. The smallest absolute Gasteiger partial charge is 0.319 e. The second-order valence-corrected chi connectivity index (χ2v) is 5.90. The molecule has 11 nitrogen and oxygen atoms in total. The standard InChI is InChI=1S/C15H11BrN8O3/c16-10-3-4-11(18-7-10)21-13-12(24(26)27)14(20-8-19-13)22-23-15(25)9-2-1-5-17-6-9/h1-8H,(H,23,25)(H2,18,19,20,21,22). The molecule has 12 heteroatoms. The van der Waals surface area contributed by atoms with E-state index in [1.807, 2.05) is 0 Å². The zero-order valence-electron chi connectivity index (χ0n) is 13.5. The van der Waals surface area contributed by atoms with Crippen molar-refractivity contribution in [2.24, 2.45) is 0 Å². The molecule has 0 fully saturated rings. The summed E-state index contributed by atoms with van der Waals surface area (Å²) in [7, 11) is 0. The Morgan fingerprint density at radius 2 is 1.93 bits per heavy atom. The molecule has 27 heavy (non-hydrogen) atoms. The van der Waals surface area contributed by atoms with Crippen LogP contribution in [0.3, 0.4) is 0 Å². The second kappa shape index (κ2) is 8.14. The predicted molar refractivity (Wildman–Crippen MR) is 99.2 cm³/mol. The minimum absolute atomic E-state index is 0.0806. The summed E-state index contributed by atoms with van der Waals surface area (Å²) in [5.41, 5.74) is 4.60. The Morgan fingerprint density at radius 1 is 1.11 bits per heavy atom. The van der Waals surface area contributed by atoms with Crippen LogP contribution < -0.4 is 16.2 Å². The van der Waals surface area contributed by atoms with Gasteiger partial charge in [-0.15, -0.1) is 0 Å². The molecule has 3 rings (SSSR count). The number of hydrogen-bond donors (Lipinski definition) is 3. The van der Waals surface area contributed by atoms with Gasteiger partial charge in [0.15, 0.2) is 0 Å². The third-order valence-electron chi connectivity index (χ3n) is 3.20. The van der Waals surface area contributed by atoms with E-state index in [9.17, 15) is 14.9 Å². The molecular formula is C15H11BrN8O3. The number of carbonyl (C=O) groups is 1. The Hall–Kier alpha value is -3.67. The Kier molecular flexibility index (Phi) is 5.47. The second-order valence-electron chi connectivity index (χ2n) is 4.98. The molecule has 0 bridgehead atoms. The van der Waals surface area contributed by atoms with Crippen molar-refractivity contribution in [1.29, 1.82) is 0 Å². The van der Waals surface area contributed by atoms with Crippen molar-refractivity contribution in [3.8, 4) is 0 Å². The Labute approximate surface area is 160 Å². The summed E-state index contributed by atoms with van der Waals surface area (Å²) < 4.78 is 0.755. The summed E-state index contributed by atoms with van der Waals surface area (Å²) in [6.07, 6.45) is 5.53. The minimum Gasteiger partial charge on any atom is -0.319 e. The van der Waals surface area contributed by atoms with Crippen molar-refractivity contribution < 1.29 is 9.72 Å². The first-order valence-corrected chi connectivity index (χ1v) is 8.18. The van der Waals surface area contributed by atoms with Crippen LogP contribution in [0.25, 0.3) is 0 Å². The van der Waals surface area contributed by atoms with E-state index >= 15 is 0 Å². The monoisotopic (exact) mass is 430 g/mol. The number of carbonyl (C=O) groups excluding carboxylic acids is 1. The molecule has 3 aromatic heterocycles. The lowest BCUT2D eigenvalue weighted by atomic mass is 10.3. The molecule has 3 aromatic rings. The van der Waals surface area contributed by atoms with Crippen LogP contribution in [0.5, 0.6) is 0 Å². The van der Waals surface area contributed by atoms with Crippen molar-refractivity contribution in [2.75, 3.05) is 10.7 Å². The highest BCUT2D eigenvalue weighted by molar-refractivity contribution is 9.10. The van der Waals surface area contributed by atoms with Gasteiger partial charge in [-0.1, -0.05) is 0 Å². The maximum Gasteiger partial charge on any atom is 0.355 e. The number of nitro groups is 1. The van der Waals surface area contributed by atoms with Crippen molar-refractivity contribution in [3.05, 3.63) is 69.3 Å². The van der Waals surface area contributed by atoms with Crippen molar-refractivity contribution in [3.63, 3.8) is 0 Å². The van der Waals surface area contributed by atoms with E-state index < -0.39 is 16.5 Å². The van der Waals surface area contributed by atoms with Gasteiger partial charge < -0.3 is 5.32 Å². The zero-order valence-corrected chi connectivity index (χ0v) is 15.0. The van der Waals surface area contributed by atoms with E-state index in [2.05, 4.69) is 52.0 Å². The number of anilines is 3. The van der Waals surface area contributed by atoms with Crippen molar-refractivity contribution in [2.45, 2.75) is 0 Å². The van der Waals surface area contributed by atoms with Crippen LogP contribution in [-0.2, 0) is 0 Å². The summed E-state index contributed by atoms with van der Waals surface area (Å²) in [4.78, 5) is 38.5. The molecule has 136 valence electrons. The number of hydrazine groups is 1. The molecule has 1 amide bonds. The normalized spacial score (nSPS) is 10.1. The maximum absolute atomic E-state index is 12.1. The molecule has 0 saturated heterocycles. The van der Waals surface area contributed by atoms with Crippen LogP contribution >= 0.6 is 15.9 Å². The number of pyridine rings is 2. The van der Waals surface area contributed by atoms with Gasteiger partial charge in [-0.3, -0.25) is 30.7 Å². The van der Waals surface area contributed by atoms with Crippen molar-refractivity contribution in [1.82, 2.24) is 25.4 Å². The number of halogens is 1. The molecule has 0 atom stereocenters. The number of nitrogens with one attached hydrogen (secondary N) is 3. The first-order chi connectivity index (χ1) is 13.0. The lowest BCUT2D eigenvalue weighted by molar-refractivity contribution is -0.383. The molecular weight excluding hydrogens is 420 g/mol. The van der Waals surface area contributed by atoms with Crippen LogP contribution in [0.15, 0.2) is 53.7 Å². The molecule has 0 aromatic carbocycles. The average molecular weight is 431 g/mol. The highest BCUT2D eigenvalue weighted by atomic mass is 79.9. The number of hydrogen-bond acceptors (Lipinski definition) is 9. The van der Waals surface area contributed by atoms with Crippen molar-refractivity contribution >= 4 is 45.0 Å². The van der Waals surface area contributed by atoms with Crippen LogP contribution in [-0.4, -0.2) is 30.8 Å². The zero-order chi connectivity index (χ0) is 19.2. The largest absolute Gasteiger partial charge is 0.355 e. The molecule has 0 spiro atoms. The molecule has 0 radical (unpaired) electrons. The molecule has 0 aliphatic carbocycles. The van der Waals surface area contributed by atoms with Gasteiger partial charge in [0.05, 0.1) is 10.5 Å². The molecule has 0 unspecified atom stereocenters. The Bertz CT molecular complexity index is 969. The summed E-state index contributed by atoms with van der Waals surface area (Å²) in [5, 5.41) is 14.2. The predicted octanol–water partition coefficient (Wildman–Crippen LogP) is 2.44. The summed E-state index contributed by atoms with van der Waals surface area (Å²) in [6, 6.07) is 6.47. The number of aromatic nitrogens is 4. The molecule has 0 aliphatic heterocycles. The van der Waals surface area contributed by atoms with Gasteiger partial charge in [-0.05, 0) is 40.2 Å². The highest BCUT2D eigenvalue weighted by Gasteiger charge is 2.24. The fraction of sp³-hybridized carbons (Fsp3) is 0. The van der Waals surface area contributed by atoms with E-state index in [0.717, 1.165) is 10.8 Å². The Balaban J connectivity index is 1.82. The first-order valence-electron chi connectivity index (χ1n) is 7.39. The molecule has 3 heterocycles. The van der Waals surface area contributed by atoms with Crippen LogP contribution in [0, 0.1) is 10.1 Å². The summed E-state index contributed by atoms with van der Waals surface area (Å²) in [6.45, 7) is 0. The van der Waals surface area contributed by atoms with Gasteiger partial charge in [0, 0.05) is 23.1 Å². The maximum atomic E-state index is 12.1. The van der Waals surface area contributed by atoms with Crippen LogP contribution in [0.1, 0.15) is 10.4 Å². The average Bonchev–Trinajstić information content (AvgIpc) is 2.68. The van der Waals surface area contributed by atoms with Gasteiger partial charge in [0.25, 0.3) is 5.91 Å². The fourth-order valence-corrected chi connectivity index (χ4v) is 2.23. The van der Waals surface area contributed by atoms with E-state index in [0.29, 0.717) is 5.82 Å². The van der Waals surface area contributed by atoms with E-state index in [-0.39, 0.29) is 17.2 Å². The van der Waals surface area contributed by atoms with E-state index in [4.69, 9.17) is 0 Å². The first kappa shape index (κ1) is 18.1. The highest BCUT2D eigenvalue weighted by Crippen LogP contribution is 2.30. The van der Waals surface area contributed by atoms with Gasteiger partial charge in [-0.25, -0.2) is 15.0 Å². The van der Waals surface area contributed by atoms with Gasteiger partial charge in [0.1, 0.15) is 12.1 Å². The third-order valence-corrected chi connectivity index (χ3v) is 3.67. The van der Waals surface area contributed by atoms with Gasteiger partial charge in [-0.2, -0.15) is 0 Å². The number of rotatable bonds is 6. The Morgan fingerprint density at radius 3 is 2.59 bits per heavy atom. The molecule has 0 aliphatic rings. The van der Waals surface area contributed by atoms with Gasteiger partial charge >= 0.3 is 5.69 Å². The SMILES string of the molecule is O=C(NNc1ncnc(Nc2ccc(Br)cn2)c1[N+](=O)[O-])c1cccnc1. The van der Waals surface area contributed by atoms with Crippen LogP contribution in [0.4, 0.5) is 23.1 Å².